The molecule has 22 heavy (non-hydrogen) atoms. The van der Waals surface area contributed by atoms with Gasteiger partial charge in [-0.15, -0.1) is 0 Å². The molecule has 1 aliphatic rings. The number of aryl methyl sites for hydroxylation is 1. The summed E-state index contributed by atoms with van der Waals surface area (Å²) in [7, 11) is -3.54. The molecule has 1 aromatic heterocycles. The quantitative estimate of drug-likeness (QED) is 0.851. The van der Waals surface area contributed by atoms with Crippen molar-refractivity contribution in [1.29, 1.82) is 0 Å². The number of sulfone groups is 1. The summed E-state index contributed by atoms with van der Waals surface area (Å²) in [4.78, 5) is 4.64. The van der Waals surface area contributed by atoms with Crippen molar-refractivity contribution in [3.63, 3.8) is 0 Å². The van der Waals surface area contributed by atoms with Crippen molar-refractivity contribution < 1.29 is 8.42 Å². The number of hydrogen-bond donors (Lipinski definition) is 0. The van der Waals surface area contributed by atoms with Gasteiger partial charge >= 0.3 is 0 Å². The summed E-state index contributed by atoms with van der Waals surface area (Å²) in [6, 6.07) is 6.87. The molecule has 2 aromatic rings. The average Bonchev–Trinajstić information content (AvgIpc) is 2.99. The minimum Gasteiger partial charge on any atom is -0.216 e. The lowest BCUT2D eigenvalue weighted by Crippen LogP contribution is -2.12. The molecular formula is C16H20N2O2S2. The van der Waals surface area contributed by atoms with E-state index in [1.165, 1.54) is 12.8 Å². The summed E-state index contributed by atoms with van der Waals surface area (Å²) in [5.41, 5.74) is 1.04. The number of hydrogen-bond acceptors (Lipinski definition) is 5. The average molecular weight is 336 g/mol. The van der Waals surface area contributed by atoms with E-state index in [0.29, 0.717) is 11.7 Å². The molecule has 0 N–H and O–H groups in total. The fourth-order valence-corrected chi connectivity index (χ4v) is 5.03. The van der Waals surface area contributed by atoms with Crippen molar-refractivity contribution in [1.82, 2.24) is 9.36 Å². The molecule has 118 valence electrons. The zero-order valence-electron chi connectivity index (χ0n) is 12.8. The Labute approximate surface area is 135 Å². The van der Waals surface area contributed by atoms with E-state index in [2.05, 4.69) is 16.3 Å². The summed E-state index contributed by atoms with van der Waals surface area (Å²) in [6.07, 6.45) is 4.46. The van der Waals surface area contributed by atoms with Crippen molar-refractivity contribution in [2.45, 2.75) is 54.7 Å². The van der Waals surface area contributed by atoms with Gasteiger partial charge in [0.15, 0.2) is 0 Å². The van der Waals surface area contributed by atoms with E-state index in [1.807, 2.05) is 6.92 Å². The molecule has 0 atom stereocenters. The Morgan fingerprint density at radius 1 is 1.09 bits per heavy atom. The van der Waals surface area contributed by atoms with Gasteiger partial charge in [-0.05, 0) is 49.3 Å². The van der Waals surface area contributed by atoms with E-state index in [0.717, 1.165) is 35.9 Å². The van der Waals surface area contributed by atoms with Crippen molar-refractivity contribution >= 4 is 21.4 Å². The van der Waals surface area contributed by atoms with Crippen LogP contribution in [0, 0.1) is 12.8 Å². The van der Waals surface area contributed by atoms with Crippen LogP contribution in [0.1, 0.15) is 49.9 Å². The third kappa shape index (κ3) is 3.08. The highest BCUT2D eigenvalue weighted by Crippen LogP contribution is 2.35. The van der Waals surface area contributed by atoms with Crippen molar-refractivity contribution in [3.05, 3.63) is 35.7 Å². The first-order valence-electron chi connectivity index (χ1n) is 7.62. The highest BCUT2D eigenvalue weighted by molar-refractivity contribution is 7.93. The lowest BCUT2D eigenvalue weighted by molar-refractivity contribution is 0.340. The van der Waals surface area contributed by atoms with Crippen LogP contribution in [0.3, 0.4) is 0 Å². The molecule has 0 saturated heterocycles. The van der Waals surface area contributed by atoms with E-state index in [4.69, 9.17) is 0 Å². The van der Waals surface area contributed by atoms with Crippen LogP contribution >= 0.6 is 11.5 Å². The highest BCUT2D eigenvalue weighted by Gasteiger charge is 2.27. The van der Waals surface area contributed by atoms with Crippen molar-refractivity contribution in [2.75, 3.05) is 0 Å². The minimum atomic E-state index is -3.54. The second-order valence-electron chi connectivity index (χ2n) is 6.19. The Morgan fingerprint density at radius 2 is 1.73 bits per heavy atom. The van der Waals surface area contributed by atoms with Crippen LogP contribution in [0.2, 0.25) is 0 Å². The maximum Gasteiger partial charge on any atom is 0.235 e. The Bertz CT molecular complexity index is 743. The Kier molecular flexibility index (Phi) is 4.32. The first-order chi connectivity index (χ1) is 10.5. The molecule has 1 heterocycles. The molecule has 0 unspecified atom stereocenters. The van der Waals surface area contributed by atoms with Gasteiger partial charge < -0.3 is 0 Å². The molecule has 1 saturated carbocycles. The zero-order valence-corrected chi connectivity index (χ0v) is 14.5. The zero-order chi connectivity index (χ0) is 15.7. The van der Waals surface area contributed by atoms with E-state index < -0.39 is 9.84 Å². The van der Waals surface area contributed by atoms with Crippen molar-refractivity contribution in [3.8, 4) is 0 Å². The van der Waals surface area contributed by atoms with Gasteiger partial charge in [0.1, 0.15) is 5.82 Å². The van der Waals surface area contributed by atoms with E-state index in [-0.39, 0.29) is 9.24 Å². The Balaban J connectivity index is 1.85. The van der Waals surface area contributed by atoms with E-state index in [1.54, 1.807) is 24.3 Å². The Morgan fingerprint density at radius 3 is 2.36 bits per heavy atom. The summed E-state index contributed by atoms with van der Waals surface area (Å²) in [5, 5.41) is 0. The highest BCUT2D eigenvalue weighted by atomic mass is 32.2. The van der Waals surface area contributed by atoms with Crippen LogP contribution in [0.15, 0.2) is 33.5 Å². The third-order valence-corrected chi connectivity index (χ3v) is 7.22. The first-order valence-corrected chi connectivity index (χ1v) is 9.88. The molecule has 6 heteroatoms. The monoisotopic (exact) mass is 336 g/mol. The van der Waals surface area contributed by atoms with Gasteiger partial charge in [-0.25, -0.2) is 13.4 Å². The normalized spacial score (nSPS) is 22.6. The standard InChI is InChI=1S/C16H20N2O2S2/c1-11-3-7-13(8-4-11)15-17-16(21-18-15)22(19,20)14-9-5-12(2)6-10-14/h5-6,9-11,13H,3-4,7-8H2,1-2H3. The molecule has 0 bridgehead atoms. The lowest BCUT2D eigenvalue weighted by Gasteiger charge is -2.23. The van der Waals surface area contributed by atoms with Crippen LogP contribution in [0.25, 0.3) is 0 Å². The smallest absolute Gasteiger partial charge is 0.216 e. The molecule has 1 aliphatic carbocycles. The summed E-state index contributed by atoms with van der Waals surface area (Å²) >= 11 is 1.00. The predicted molar refractivity (Wildman–Crippen MR) is 86.9 cm³/mol. The minimum absolute atomic E-state index is 0.116. The fourth-order valence-electron chi connectivity index (χ4n) is 2.83. The summed E-state index contributed by atoms with van der Waals surface area (Å²) < 4.78 is 29.6. The van der Waals surface area contributed by atoms with Gasteiger partial charge in [0, 0.05) is 5.92 Å². The maximum absolute atomic E-state index is 12.6. The first kappa shape index (κ1) is 15.6. The van der Waals surface area contributed by atoms with Gasteiger partial charge in [-0.2, -0.15) is 4.37 Å². The molecule has 1 aromatic carbocycles. The van der Waals surface area contributed by atoms with Gasteiger partial charge in [-0.3, -0.25) is 0 Å². The molecular weight excluding hydrogens is 316 g/mol. The van der Waals surface area contributed by atoms with Crippen LogP contribution in [0.4, 0.5) is 0 Å². The molecule has 0 radical (unpaired) electrons. The van der Waals surface area contributed by atoms with Gasteiger partial charge in [-0.1, -0.05) is 37.5 Å². The summed E-state index contributed by atoms with van der Waals surface area (Å²) in [6.45, 7) is 4.20. The number of rotatable bonds is 3. The third-order valence-electron chi connectivity index (χ3n) is 4.37. The molecule has 4 nitrogen and oxygen atoms in total. The molecule has 3 rings (SSSR count). The summed E-state index contributed by atoms with van der Waals surface area (Å²) in [5.74, 6) is 1.78. The van der Waals surface area contributed by atoms with Crippen LogP contribution in [-0.4, -0.2) is 17.8 Å². The lowest BCUT2D eigenvalue weighted by atomic mass is 9.83. The number of aromatic nitrogens is 2. The molecule has 0 amide bonds. The second kappa shape index (κ2) is 6.08. The Hall–Kier alpha value is -1.27. The molecule has 1 fully saturated rings. The van der Waals surface area contributed by atoms with Gasteiger partial charge in [0.05, 0.1) is 4.90 Å². The van der Waals surface area contributed by atoms with E-state index >= 15 is 0 Å². The van der Waals surface area contributed by atoms with Gasteiger partial charge in [0.2, 0.25) is 14.2 Å². The topological polar surface area (TPSA) is 59.9 Å². The predicted octanol–water partition coefficient (Wildman–Crippen LogP) is 3.97. The van der Waals surface area contributed by atoms with E-state index in [9.17, 15) is 8.42 Å². The van der Waals surface area contributed by atoms with Crippen LogP contribution in [0.5, 0.6) is 0 Å². The van der Waals surface area contributed by atoms with Crippen molar-refractivity contribution in [2.24, 2.45) is 5.92 Å². The SMILES string of the molecule is Cc1ccc(S(=O)(=O)c2nc(C3CCC(C)CC3)ns2)cc1. The maximum atomic E-state index is 12.6. The molecule has 0 spiro atoms. The number of benzene rings is 1. The second-order valence-corrected chi connectivity index (χ2v) is 9.07. The fraction of sp³-hybridized carbons (Fsp3) is 0.500. The van der Waals surface area contributed by atoms with Crippen LogP contribution in [-0.2, 0) is 9.84 Å². The van der Waals surface area contributed by atoms with Gasteiger partial charge in [0.25, 0.3) is 0 Å². The molecule has 0 aliphatic heterocycles. The number of nitrogens with zero attached hydrogens (tertiary/aromatic N) is 2. The largest absolute Gasteiger partial charge is 0.235 e. The van der Waals surface area contributed by atoms with Crippen LogP contribution < -0.4 is 0 Å².